The van der Waals surface area contributed by atoms with Crippen molar-refractivity contribution in [1.29, 1.82) is 0 Å². The number of rotatable bonds is 3. The van der Waals surface area contributed by atoms with Crippen LogP contribution in [0.3, 0.4) is 0 Å². The summed E-state index contributed by atoms with van der Waals surface area (Å²) in [6.07, 6.45) is 1.73. The molecule has 0 aliphatic carbocycles. The lowest BCUT2D eigenvalue weighted by Crippen LogP contribution is -2.31. The first-order chi connectivity index (χ1) is 5.25. The van der Waals surface area contributed by atoms with Crippen molar-refractivity contribution in [2.75, 3.05) is 0 Å². The highest BCUT2D eigenvalue weighted by molar-refractivity contribution is 6.06. The van der Waals surface area contributed by atoms with Gasteiger partial charge in [0.1, 0.15) is 12.3 Å². The van der Waals surface area contributed by atoms with Crippen molar-refractivity contribution >= 4 is 12.1 Å². The minimum Gasteiger partial charge on any atom is -0.461 e. The molecule has 0 aliphatic heterocycles. The van der Waals surface area contributed by atoms with Crippen LogP contribution in [0.5, 0.6) is 0 Å². The molecule has 2 N–H and O–H groups in total. The van der Waals surface area contributed by atoms with Crippen LogP contribution in [-0.4, -0.2) is 18.1 Å². The number of carbonyl (C=O) groups is 2. The Balaban J connectivity index is 2.78. The highest BCUT2D eigenvalue weighted by Gasteiger charge is 2.16. The summed E-state index contributed by atoms with van der Waals surface area (Å²) >= 11 is 0. The van der Waals surface area contributed by atoms with E-state index >= 15 is 0 Å². The molecule has 58 valence electrons. The molecule has 4 nitrogen and oxygen atoms in total. The lowest BCUT2D eigenvalue weighted by Gasteiger charge is -1.96. The van der Waals surface area contributed by atoms with E-state index in [1.165, 1.54) is 12.3 Å². The van der Waals surface area contributed by atoms with Crippen LogP contribution in [-0.2, 0) is 4.79 Å². The predicted molar refractivity (Wildman–Crippen MR) is 37.1 cm³/mol. The molecule has 1 heterocycles. The first kappa shape index (κ1) is 7.68. The fourth-order valence-corrected chi connectivity index (χ4v) is 0.645. The Morgan fingerprint density at radius 3 is 2.91 bits per heavy atom. The normalized spacial score (nSPS) is 12.5. The van der Waals surface area contributed by atoms with Crippen molar-refractivity contribution in [3.8, 4) is 0 Å². The fourth-order valence-electron chi connectivity index (χ4n) is 0.645. The summed E-state index contributed by atoms with van der Waals surface area (Å²) in [5.41, 5.74) is 5.13. The third-order valence-electron chi connectivity index (χ3n) is 1.21. The second-order valence-corrected chi connectivity index (χ2v) is 2.00. The minimum absolute atomic E-state index is 0.115. The number of aldehydes is 1. The highest BCUT2D eigenvalue weighted by Crippen LogP contribution is 2.01. The van der Waals surface area contributed by atoms with Gasteiger partial charge in [0.15, 0.2) is 5.76 Å². The largest absolute Gasteiger partial charge is 0.461 e. The molecule has 1 atom stereocenters. The maximum absolute atomic E-state index is 11.0. The Kier molecular flexibility index (Phi) is 2.18. The molecule has 11 heavy (non-hydrogen) atoms. The molecule has 0 bridgehead atoms. The number of carbonyl (C=O) groups excluding carboxylic acids is 2. The van der Waals surface area contributed by atoms with Crippen LogP contribution in [0, 0.1) is 0 Å². The van der Waals surface area contributed by atoms with Gasteiger partial charge >= 0.3 is 0 Å². The van der Waals surface area contributed by atoms with Crippen molar-refractivity contribution in [2.24, 2.45) is 5.73 Å². The fraction of sp³-hybridized carbons (Fsp3) is 0.143. The Morgan fingerprint density at radius 2 is 2.45 bits per heavy atom. The van der Waals surface area contributed by atoms with Gasteiger partial charge in [0.2, 0.25) is 5.78 Å². The monoisotopic (exact) mass is 153 g/mol. The average Bonchev–Trinajstić information content (AvgIpc) is 2.53. The highest BCUT2D eigenvalue weighted by atomic mass is 16.3. The van der Waals surface area contributed by atoms with E-state index in [1.54, 1.807) is 6.07 Å². The van der Waals surface area contributed by atoms with Gasteiger partial charge in [-0.1, -0.05) is 0 Å². The summed E-state index contributed by atoms with van der Waals surface area (Å²) in [7, 11) is 0. The maximum atomic E-state index is 11.0. The molecule has 0 aliphatic rings. The van der Waals surface area contributed by atoms with Crippen molar-refractivity contribution in [3.05, 3.63) is 24.2 Å². The molecular weight excluding hydrogens is 146 g/mol. The van der Waals surface area contributed by atoms with Crippen molar-refractivity contribution < 1.29 is 14.0 Å². The molecule has 1 unspecified atom stereocenters. The van der Waals surface area contributed by atoms with E-state index in [9.17, 15) is 9.59 Å². The van der Waals surface area contributed by atoms with E-state index in [0.717, 1.165) is 0 Å². The standard InChI is InChI=1S/C7H7NO3/c8-5(4-9)7(10)6-2-1-3-11-6/h1-5H,8H2. The van der Waals surface area contributed by atoms with Crippen LogP contribution in [0.4, 0.5) is 0 Å². The second kappa shape index (κ2) is 3.12. The average molecular weight is 153 g/mol. The van der Waals surface area contributed by atoms with Crippen LogP contribution >= 0.6 is 0 Å². The van der Waals surface area contributed by atoms with E-state index in [-0.39, 0.29) is 5.76 Å². The van der Waals surface area contributed by atoms with Crippen molar-refractivity contribution in [3.63, 3.8) is 0 Å². The van der Waals surface area contributed by atoms with E-state index < -0.39 is 11.8 Å². The van der Waals surface area contributed by atoms with Gasteiger partial charge in [-0.3, -0.25) is 4.79 Å². The van der Waals surface area contributed by atoms with Crippen LogP contribution in [0.2, 0.25) is 0 Å². The van der Waals surface area contributed by atoms with Gasteiger partial charge in [-0.25, -0.2) is 0 Å². The molecule has 0 amide bonds. The van der Waals surface area contributed by atoms with Gasteiger partial charge in [-0.15, -0.1) is 0 Å². The lowest BCUT2D eigenvalue weighted by molar-refractivity contribution is -0.108. The summed E-state index contributed by atoms with van der Waals surface area (Å²) in [5, 5.41) is 0. The second-order valence-electron chi connectivity index (χ2n) is 2.00. The zero-order valence-electron chi connectivity index (χ0n) is 5.69. The SMILES string of the molecule is NC(C=O)C(=O)c1ccco1. The molecule has 0 aromatic carbocycles. The molecule has 0 saturated carbocycles. The van der Waals surface area contributed by atoms with E-state index in [4.69, 9.17) is 10.2 Å². The minimum atomic E-state index is -1.11. The first-order valence-electron chi connectivity index (χ1n) is 3.04. The molecule has 1 aromatic rings. The molecule has 0 spiro atoms. The van der Waals surface area contributed by atoms with Gasteiger partial charge in [0.05, 0.1) is 6.26 Å². The smallest absolute Gasteiger partial charge is 0.221 e. The number of nitrogens with two attached hydrogens (primary N) is 1. The molecular formula is C7H7NO3. The summed E-state index contributed by atoms with van der Waals surface area (Å²) in [5.74, 6) is -0.380. The molecule has 1 aromatic heterocycles. The number of ketones is 1. The zero-order valence-corrected chi connectivity index (χ0v) is 5.69. The first-order valence-corrected chi connectivity index (χ1v) is 3.04. The van der Waals surface area contributed by atoms with Crippen LogP contribution in [0.25, 0.3) is 0 Å². The predicted octanol–water partition coefficient (Wildman–Crippen LogP) is -0.0115. The third-order valence-corrected chi connectivity index (χ3v) is 1.21. The number of hydrogen-bond acceptors (Lipinski definition) is 4. The summed E-state index contributed by atoms with van der Waals surface area (Å²) < 4.78 is 4.73. The summed E-state index contributed by atoms with van der Waals surface area (Å²) in [4.78, 5) is 21.0. The van der Waals surface area contributed by atoms with Crippen molar-refractivity contribution in [1.82, 2.24) is 0 Å². The van der Waals surface area contributed by atoms with Crippen LogP contribution in [0.1, 0.15) is 10.6 Å². The molecule has 4 heteroatoms. The van der Waals surface area contributed by atoms with Gasteiger partial charge < -0.3 is 14.9 Å². The van der Waals surface area contributed by atoms with Gasteiger partial charge in [-0.05, 0) is 12.1 Å². The van der Waals surface area contributed by atoms with Crippen molar-refractivity contribution in [2.45, 2.75) is 6.04 Å². The van der Waals surface area contributed by atoms with Gasteiger partial charge in [-0.2, -0.15) is 0 Å². The van der Waals surface area contributed by atoms with E-state index in [2.05, 4.69) is 0 Å². The lowest BCUT2D eigenvalue weighted by atomic mass is 10.2. The third kappa shape index (κ3) is 1.53. The number of Topliss-reactive ketones (excluding diaryl/α,β-unsaturated/α-hetero) is 1. The topological polar surface area (TPSA) is 73.3 Å². The quantitative estimate of drug-likeness (QED) is 0.376. The number of furan rings is 1. The van der Waals surface area contributed by atoms with Crippen LogP contribution < -0.4 is 5.73 Å². The molecule has 0 radical (unpaired) electrons. The molecule has 1 rings (SSSR count). The Bertz CT molecular complexity index is 253. The van der Waals surface area contributed by atoms with Gasteiger partial charge in [0.25, 0.3) is 0 Å². The Labute approximate surface area is 63.0 Å². The van der Waals surface area contributed by atoms with Crippen LogP contribution in [0.15, 0.2) is 22.8 Å². The van der Waals surface area contributed by atoms with E-state index in [0.29, 0.717) is 6.29 Å². The maximum Gasteiger partial charge on any atom is 0.221 e. The van der Waals surface area contributed by atoms with E-state index in [1.807, 2.05) is 0 Å². The molecule has 0 saturated heterocycles. The van der Waals surface area contributed by atoms with Gasteiger partial charge in [0, 0.05) is 0 Å². The Hall–Kier alpha value is -1.42. The zero-order chi connectivity index (χ0) is 8.27. The summed E-state index contributed by atoms with van der Waals surface area (Å²) in [6, 6.07) is 1.91. The summed E-state index contributed by atoms with van der Waals surface area (Å²) in [6.45, 7) is 0. The Morgan fingerprint density at radius 1 is 1.73 bits per heavy atom. The number of hydrogen-bond donors (Lipinski definition) is 1. The molecule has 0 fully saturated rings.